The Labute approximate surface area is 159 Å². The lowest BCUT2D eigenvalue weighted by atomic mass is 10.0. The van der Waals surface area contributed by atoms with Crippen molar-refractivity contribution in [2.45, 2.75) is 12.8 Å². The molecular formula is C19H17FN4O4. The van der Waals surface area contributed by atoms with E-state index in [9.17, 15) is 14.4 Å². The van der Waals surface area contributed by atoms with Crippen molar-refractivity contribution in [2.75, 3.05) is 7.11 Å². The fourth-order valence-corrected chi connectivity index (χ4v) is 2.50. The zero-order valence-corrected chi connectivity index (χ0v) is 14.9. The largest absolute Gasteiger partial charge is 0.497 e. The molecule has 0 saturated heterocycles. The summed E-state index contributed by atoms with van der Waals surface area (Å²) < 4.78 is 22.8. The first kappa shape index (κ1) is 19.2. The fourth-order valence-electron chi connectivity index (χ4n) is 2.50. The van der Waals surface area contributed by atoms with E-state index >= 15 is 0 Å². The summed E-state index contributed by atoms with van der Waals surface area (Å²) in [5.41, 5.74) is 3.42. The standard InChI is InChI=1S/C19H17FN4O4/c1-27-16-8-2-12(3-9-16)10-15(25)11-17-18(24-28-23-17)19(22-26)21-14-6-4-13(20)5-7-14/h2-9,26H,10-11H2,1H3,(H,21,22). The second kappa shape index (κ2) is 8.87. The minimum atomic E-state index is -0.412. The van der Waals surface area contributed by atoms with Crippen LogP contribution in [0.4, 0.5) is 10.1 Å². The Kier molecular flexibility index (Phi) is 6.07. The van der Waals surface area contributed by atoms with Gasteiger partial charge in [0.25, 0.3) is 0 Å². The molecule has 8 nitrogen and oxygen atoms in total. The number of ether oxygens (including phenoxy) is 1. The van der Waals surface area contributed by atoms with Crippen molar-refractivity contribution in [3.63, 3.8) is 0 Å². The summed E-state index contributed by atoms with van der Waals surface area (Å²) in [5, 5.41) is 16.8. The summed E-state index contributed by atoms with van der Waals surface area (Å²) >= 11 is 0. The molecule has 0 aliphatic carbocycles. The molecule has 0 aliphatic rings. The second-order valence-corrected chi connectivity index (χ2v) is 5.85. The van der Waals surface area contributed by atoms with Crippen LogP contribution in [-0.4, -0.2) is 34.2 Å². The Hall–Kier alpha value is -3.59. The van der Waals surface area contributed by atoms with Crippen molar-refractivity contribution < 1.29 is 23.8 Å². The zero-order valence-electron chi connectivity index (χ0n) is 14.9. The van der Waals surface area contributed by atoms with Crippen LogP contribution in [-0.2, 0) is 17.6 Å². The van der Waals surface area contributed by atoms with Gasteiger partial charge in [0.15, 0.2) is 11.5 Å². The normalized spacial score (nSPS) is 11.3. The van der Waals surface area contributed by atoms with Crippen molar-refractivity contribution in [3.05, 3.63) is 71.3 Å². The molecule has 9 heteroatoms. The van der Waals surface area contributed by atoms with E-state index in [-0.39, 0.29) is 35.8 Å². The predicted molar refractivity (Wildman–Crippen MR) is 97.2 cm³/mol. The molecule has 0 bridgehead atoms. The van der Waals surface area contributed by atoms with Gasteiger partial charge in [-0.1, -0.05) is 17.3 Å². The molecule has 3 aromatic rings. The number of Topliss-reactive ketones (excluding diaryl/α,β-unsaturated/α-hetero) is 1. The van der Waals surface area contributed by atoms with Gasteiger partial charge in [-0.05, 0) is 47.1 Å². The Balaban J connectivity index is 1.74. The summed E-state index contributed by atoms with van der Waals surface area (Å²) in [5.74, 6) is 0.0986. The van der Waals surface area contributed by atoms with Crippen molar-refractivity contribution in [2.24, 2.45) is 4.99 Å². The number of aliphatic imine (C=N–C) groups is 1. The van der Waals surface area contributed by atoms with Gasteiger partial charge < -0.3 is 4.74 Å². The second-order valence-electron chi connectivity index (χ2n) is 5.85. The number of amidine groups is 1. The van der Waals surface area contributed by atoms with E-state index in [1.807, 2.05) is 5.48 Å². The minimum Gasteiger partial charge on any atom is -0.497 e. The predicted octanol–water partition coefficient (Wildman–Crippen LogP) is 2.63. The number of ketones is 1. The molecule has 0 atom stereocenters. The average Bonchev–Trinajstić information content (AvgIpc) is 3.16. The number of nitrogens with one attached hydrogen (secondary N) is 1. The monoisotopic (exact) mass is 384 g/mol. The number of rotatable bonds is 7. The lowest BCUT2D eigenvalue weighted by molar-refractivity contribution is -0.117. The fraction of sp³-hybridized carbons (Fsp3) is 0.158. The van der Waals surface area contributed by atoms with Crippen LogP contribution in [0.25, 0.3) is 0 Å². The number of carbonyl (C=O) groups excluding carboxylic acids is 1. The van der Waals surface area contributed by atoms with Crippen LogP contribution in [0.1, 0.15) is 17.0 Å². The highest BCUT2D eigenvalue weighted by atomic mass is 19.1. The quantitative estimate of drug-likeness (QED) is 0.366. The smallest absolute Gasteiger partial charge is 0.182 e. The third kappa shape index (κ3) is 4.77. The molecule has 2 N–H and O–H groups in total. The number of hydrogen-bond acceptors (Lipinski definition) is 7. The van der Waals surface area contributed by atoms with Crippen LogP contribution in [0.15, 0.2) is 58.2 Å². The Morgan fingerprint density at radius 1 is 1.14 bits per heavy atom. The van der Waals surface area contributed by atoms with Crippen LogP contribution in [0.2, 0.25) is 0 Å². The lowest BCUT2D eigenvalue weighted by Crippen LogP contribution is -2.23. The topological polar surface area (TPSA) is 110 Å². The van der Waals surface area contributed by atoms with E-state index in [0.29, 0.717) is 11.4 Å². The van der Waals surface area contributed by atoms with Gasteiger partial charge in [0, 0.05) is 6.42 Å². The number of methoxy groups -OCH3 is 1. The Bertz CT molecular complexity index is 968. The minimum absolute atomic E-state index is 0.0605. The molecule has 1 aromatic heterocycles. The molecule has 0 spiro atoms. The third-order valence-electron chi connectivity index (χ3n) is 3.88. The Morgan fingerprint density at radius 2 is 1.86 bits per heavy atom. The maximum Gasteiger partial charge on any atom is 0.182 e. The van der Waals surface area contributed by atoms with Gasteiger partial charge in [0.1, 0.15) is 23.0 Å². The van der Waals surface area contributed by atoms with Gasteiger partial charge in [-0.15, -0.1) is 0 Å². The third-order valence-corrected chi connectivity index (χ3v) is 3.88. The molecule has 144 valence electrons. The number of hydroxylamine groups is 1. The number of benzene rings is 2. The molecule has 0 unspecified atom stereocenters. The first-order chi connectivity index (χ1) is 13.6. The van der Waals surface area contributed by atoms with E-state index in [4.69, 9.17) is 9.37 Å². The molecule has 0 saturated carbocycles. The molecule has 0 aliphatic heterocycles. The van der Waals surface area contributed by atoms with E-state index in [2.05, 4.69) is 15.3 Å². The van der Waals surface area contributed by atoms with Crippen molar-refractivity contribution in [1.82, 2.24) is 15.8 Å². The van der Waals surface area contributed by atoms with Crippen molar-refractivity contribution in [3.8, 4) is 5.75 Å². The summed E-state index contributed by atoms with van der Waals surface area (Å²) in [4.78, 5) is 16.5. The van der Waals surface area contributed by atoms with Crippen molar-refractivity contribution >= 4 is 17.3 Å². The molecule has 2 aromatic carbocycles. The Morgan fingerprint density at radius 3 is 2.50 bits per heavy atom. The van der Waals surface area contributed by atoms with E-state index < -0.39 is 5.82 Å². The molecule has 28 heavy (non-hydrogen) atoms. The average molecular weight is 384 g/mol. The van der Waals surface area contributed by atoms with Gasteiger partial charge in [0.2, 0.25) is 0 Å². The number of aromatic nitrogens is 2. The van der Waals surface area contributed by atoms with E-state index in [1.165, 1.54) is 24.3 Å². The first-order valence-corrected chi connectivity index (χ1v) is 8.30. The molecule has 1 heterocycles. The molecule has 0 radical (unpaired) electrons. The van der Waals surface area contributed by atoms with Gasteiger partial charge in [-0.25, -0.2) is 14.0 Å². The van der Waals surface area contributed by atoms with E-state index in [1.54, 1.807) is 31.4 Å². The van der Waals surface area contributed by atoms with Crippen LogP contribution in [0.5, 0.6) is 5.75 Å². The number of nitrogens with zero attached hydrogens (tertiary/aromatic N) is 3. The summed E-state index contributed by atoms with van der Waals surface area (Å²) in [6.07, 6.45) is 0.127. The number of halogens is 1. The van der Waals surface area contributed by atoms with Gasteiger partial charge in [-0.2, -0.15) is 0 Å². The SMILES string of the molecule is COc1ccc(CC(=O)Cc2nonc2C(=Nc2ccc(F)cc2)NO)cc1. The first-order valence-electron chi connectivity index (χ1n) is 8.30. The van der Waals surface area contributed by atoms with Crippen LogP contribution in [0.3, 0.4) is 0 Å². The van der Waals surface area contributed by atoms with Gasteiger partial charge >= 0.3 is 0 Å². The van der Waals surface area contributed by atoms with Crippen LogP contribution in [0, 0.1) is 5.82 Å². The molecule has 0 amide bonds. The zero-order chi connectivity index (χ0) is 19.9. The molecular weight excluding hydrogens is 367 g/mol. The molecule has 3 rings (SSSR count). The van der Waals surface area contributed by atoms with Crippen LogP contribution < -0.4 is 10.2 Å². The summed E-state index contributed by atoms with van der Waals surface area (Å²) in [6, 6.07) is 12.5. The van der Waals surface area contributed by atoms with Crippen LogP contribution >= 0.6 is 0 Å². The summed E-state index contributed by atoms with van der Waals surface area (Å²) in [7, 11) is 1.57. The highest BCUT2D eigenvalue weighted by molar-refractivity contribution is 5.99. The lowest BCUT2D eigenvalue weighted by Gasteiger charge is -2.04. The number of carbonyl (C=O) groups is 1. The summed E-state index contributed by atoms with van der Waals surface area (Å²) in [6.45, 7) is 0. The molecule has 0 fully saturated rings. The maximum absolute atomic E-state index is 13.0. The maximum atomic E-state index is 13.0. The highest BCUT2D eigenvalue weighted by Crippen LogP contribution is 2.16. The van der Waals surface area contributed by atoms with Gasteiger partial charge in [-0.3, -0.25) is 15.5 Å². The van der Waals surface area contributed by atoms with E-state index in [0.717, 1.165) is 5.56 Å². The number of hydrogen-bond donors (Lipinski definition) is 2. The van der Waals surface area contributed by atoms with Crippen molar-refractivity contribution in [1.29, 1.82) is 0 Å². The highest BCUT2D eigenvalue weighted by Gasteiger charge is 2.19. The van der Waals surface area contributed by atoms with Gasteiger partial charge in [0.05, 0.1) is 19.2 Å².